The van der Waals surface area contributed by atoms with Crippen molar-refractivity contribution in [3.63, 3.8) is 0 Å². The van der Waals surface area contributed by atoms with Crippen LogP contribution in [0.1, 0.15) is 0 Å². The standard InChI is InChI=1S/C15H12Br2N2/c16-12-4-1-6-14(10-12)18-8-3-9-19-15-7-2-5-13(17)11-15/h1-11,18H. The summed E-state index contributed by atoms with van der Waals surface area (Å²) in [5.74, 6) is 0. The summed E-state index contributed by atoms with van der Waals surface area (Å²) >= 11 is 6.84. The topological polar surface area (TPSA) is 24.4 Å². The Kier molecular flexibility index (Phi) is 5.36. The third-order valence-electron chi connectivity index (χ3n) is 2.29. The molecule has 96 valence electrons. The fourth-order valence-electron chi connectivity index (χ4n) is 1.45. The van der Waals surface area contributed by atoms with Gasteiger partial charge in [0.25, 0.3) is 0 Å². The van der Waals surface area contributed by atoms with Crippen molar-refractivity contribution in [2.75, 3.05) is 5.32 Å². The number of benzene rings is 2. The molecule has 2 nitrogen and oxygen atoms in total. The average Bonchev–Trinajstić information content (AvgIpc) is 2.38. The van der Waals surface area contributed by atoms with Crippen LogP contribution in [0.25, 0.3) is 0 Å². The molecule has 0 saturated heterocycles. The van der Waals surface area contributed by atoms with Gasteiger partial charge < -0.3 is 5.32 Å². The first kappa shape index (κ1) is 14.0. The lowest BCUT2D eigenvalue weighted by molar-refractivity contribution is 1.51. The van der Waals surface area contributed by atoms with Crippen molar-refractivity contribution in [1.29, 1.82) is 0 Å². The zero-order chi connectivity index (χ0) is 13.5. The Morgan fingerprint density at radius 2 is 1.68 bits per heavy atom. The van der Waals surface area contributed by atoms with E-state index >= 15 is 0 Å². The fourth-order valence-corrected chi connectivity index (χ4v) is 2.24. The van der Waals surface area contributed by atoms with Crippen molar-refractivity contribution in [3.05, 3.63) is 69.8 Å². The maximum absolute atomic E-state index is 4.32. The summed E-state index contributed by atoms with van der Waals surface area (Å²) in [5.41, 5.74) is 1.95. The van der Waals surface area contributed by atoms with E-state index in [9.17, 15) is 0 Å². The second-order valence-electron chi connectivity index (χ2n) is 3.77. The van der Waals surface area contributed by atoms with Gasteiger partial charge in [-0.2, -0.15) is 0 Å². The van der Waals surface area contributed by atoms with Gasteiger partial charge in [-0.25, -0.2) is 0 Å². The molecule has 0 bridgehead atoms. The Labute approximate surface area is 129 Å². The molecule has 4 heteroatoms. The average molecular weight is 380 g/mol. The number of nitrogens with zero attached hydrogens (tertiary/aromatic N) is 1. The van der Waals surface area contributed by atoms with Crippen LogP contribution in [0, 0.1) is 0 Å². The van der Waals surface area contributed by atoms with Crippen LogP contribution in [0.5, 0.6) is 0 Å². The van der Waals surface area contributed by atoms with Crippen LogP contribution in [0.2, 0.25) is 0 Å². The molecule has 0 atom stereocenters. The molecule has 0 amide bonds. The minimum Gasteiger partial charge on any atom is -0.362 e. The second kappa shape index (κ2) is 7.26. The van der Waals surface area contributed by atoms with E-state index in [4.69, 9.17) is 0 Å². The number of rotatable bonds is 4. The summed E-state index contributed by atoms with van der Waals surface area (Å²) in [6.45, 7) is 0. The first-order chi connectivity index (χ1) is 9.24. The fraction of sp³-hybridized carbons (Fsp3) is 0. The van der Waals surface area contributed by atoms with Crippen molar-refractivity contribution < 1.29 is 0 Å². The molecule has 0 unspecified atom stereocenters. The summed E-state index contributed by atoms with van der Waals surface area (Å²) in [6, 6.07) is 15.8. The molecule has 2 rings (SSSR count). The van der Waals surface area contributed by atoms with Gasteiger partial charge in [0, 0.05) is 27.0 Å². The highest BCUT2D eigenvalue weighted by atomic mass is 79.9. The van der Waals surface area contributed by atoms with Crippen LogP contribution >= 0.6 is 31.9 Å². The predicted molar refractivity (Wildman–Crippen MR) is 89.2 cm³/mol. The van der Waals surface area contributed by atoms with Gasteiger partial charge in [-0.05, 0) is 42.5 Å². The van der Waals surface area contributed by atoms with E-state index in [0.29, 0.717) is 0 Å². The molecule has 2 aromatic rings. The Bertz CT molecular complexity index is 607. The van der Waals surface area contributed by atoms with Gasteiger partial charge >= 0.3 is 0 Å². The molecule has 0 saturated carbocycles. The lowest BCUT2D eigenvalue weighted by atomic mass is 10.3. The molecule has 0 spiro atoms. The van der Waals surface area contributed by atoms with Gasteiger partial charge in [-0.15, -0.1) is 0 Å². The molecule has 0 aliphatic heterocycles. The lowest BCUT2D eigenvalue weighted by Gasteiger charge is -1.99. The monoisotopic (exact) mass is 378 g/mol. The first-order valence-corrected chi connectivity index (χ1v) is 7.29. The van der Waals surface area contributed by atoms with Gasteiger partial charge in [-0.3, -0.25) is 4.99 Å². The van der Waals surface area contributed by atoms with Gasteiger partial charge in [0.2, 0.25) is 0 Å². The summed E-state index contributed by atoms with van der Waals surface area (Å²) < 4.78 is 2.08. The van der Waals surface area contributed by atoms with E-state index in [0.717, 1.165) is 20.3 Å². The van der Waals surface area contributed by atoms with E-state index < -0.39 is 0 Å². The highest BCUT2D eigenvalue weighted by molar-refractivity contribution is 9.10. The van der Waals surface area contributed by atoms with Crippen LogP contribution in [-0.2, 0) is 0 Å². The SMILES string of the molecule is Brc1cccc(N=CC=CNc2cccc(Br)c2)c1. The van der Waals surface area contributed by atoms with Crippen LogP contribution < -0.4 is 5.32 Å². The highest BCUT2D eigenvalue weighted by Gasteiger charge is 1.89. The number of aliphatic imine (C=N–C) groups is 1. The number of halogens is 2. The van der Waals surface area contributed by atoms with E-state index in [2.05, 4.69) is 42.2 Å². The number of nitrogens with one attached hydrogen (secondary N) is 1. The van der Waals surface area contributed by atoms with Crippen LogP contribution in [0.4, 0.5) is 11.4 Å². The molecule has 2 aromatic carbocycles. The van der Waals surface area contributed by atoms with Crippen molar-refractivity contribution in [1.82, 2.24) is 0 Å². The zero-order valence-electron chi connectivity index (χ0n) is 10.1. The second-order valence-corrected chi connectivity index (χ2v) is 5.60. The molecule has 0 aliphatic carbocycles. The van der Waals surface area contributed by atoms with Gasteiger partial charge in [0.05, 0.1) is 5.69 Å². The number of hydrogen-bond donors (Lipinski definition) is 1. The maximum atomic E-state index is 4.32. The molecular weight excluding hydrogens is 368 g/mol. The van der Waals surface area contributed by atoms with Crippen LogP contribution in [0.15, 0.2) is 74.7 Å². The molecule has 0 aromatic heterocycles. The van der Waals surface area contributed by atoms with E-state index in [-0.39, 0.29) is 0 Å². The normalized spacial score (nSPS) is 11.3. The van der Waals surface area contributed by atoms with Gasteiger partial charge in [0.15, 0.2) is 0 Å². The molecule has 1 N–H and O–H groups in total. The molecule has 0 heterocycles. The van der Waals surface area contributed by atoms with Gasteiger partial charge in [-0.1, -0.05) is 44.0 Å². The largest absolute Gasteiger partial charge is 0.362 e. The number of allylic oxidation sites excluding steroid dienone is 1. The molecule has 0 fully saturated rings. The van der Waals surface area contributed by atoms with Crippen molar-refractivity contribution >= 4 is 49.4 Å². The predicted octanol–water partition coefficient (Wildman–Crippen LogP) is 5.54. The van der Waals surface area contributed by atoms with Crippen molar-refractivity contribution in [2.24, 2.45) is 4.99 Å². The minimum absolute atomic E-state index is 0.918. The minimum atomic E-state index is 0.918. The Morgan fingerprint density at radius 3 is 2.42 bits per heavy atom. The molecular formula is C15H12Br2N2. The number of anilines is 1. The third kappa shape index (κ3) is 5.01. The highest BCUT2D eigenvalue weighted by Crippen LogP contribution is 2.18. The van der Waals surface area contributed by atoms with Crippen molar-refractivity contribution in [3.8, 4) is 0 Å². The first-order valence-electron chi connectivity index (χ1n) is 5.71. The van der Waals surface area contributed by atoms with E-state index in [1.807, 2.05) is 60.8 Å². The maximum Gasteiger partial charge on any atom is 0.0640 e. The van der Waals surface area contributed by atoms with Crippen LogP contribution in [-0.4, -0.2) is 6.21 Å². The summed E-state index contributed by atoms with van der Waals surface area (Å²) in [6.07, 6.45) is 5.47. The van der Waals surface area contributed by atoms with Crippen LogP contribution in [0.3, 0.4) is 0 Å². The quantitative estimate of drug-likeness (QED) is 0.693. The molecule has 19 heavy (non-hydrogen) atoms. The zero-order valence-corrected chi connectivity index (χ0v) is 13.2. The van der Waals surface area contributed by atoms with E-state index in [1.165, 1.54) is 0 Å². The number of hydrogen-bond acceptors (Lipinski definition) is 2. The Balaban J connectivity index is 1.90. The van der Waals surface area contributed by atoms with E-state index in [1.54, 1.807) is 6.21 Å². The summed E-state index contributed by atoms with van der Waals surface area (Å²) in [5, 5.41) is 3.17. The Morgan fingerprint density at radius 1 is 0.947 bits per heavy atom. The van der Waals surface area contributed by atoms with Crippen molar-refractivity contribution in [2.45, 2.75) is 0 Å². The van der Waals surface area contributed by atoms with Gasteiger partial charge in [0.1, 0.15) is 0 Å². The lowest BCUT2D eigenvalue weighted by Crippen LogP contribution is -1.86. The smallest absolute Gasteiger partial charge is 0.0640 e. The molecule has 0 aliphatic rings. The summed E-state index contributed by atoms with van der Waals surface area (Å²) in [4.78, 5) is 4.32. The molecule has 0 radical (unpaired) electrons. The Hall–Kier alpha value is -1.39. The third-order valence-corrected chi connectivity index (χ3v) is 3.28. The summed E-state index contributed by atoms with van der Waals surface area (Å²) in [7, 11) is 0.